The molecule has 0 amide bonds. The maximum atomic E-state index is 9.74. The van der Waals surface area contributed by atoms with Gasteiger partial charge in [-0.05, 0) is 47.5 Å². The van der Waals surface area contributed by atoms with E-state index in [0.717, 1.165) is 0 Å². The molecule has 6 nitrogen and oxygen atoms in total. The standard InChI is InChI=1S/C24H18Cl4N4O2/c25-15-5-1-13(2-6-15)19(31-33)11-23-24(12-20(32-34)14-3-7-16(26)8-4-14)30-22-10-18(28)17(27)9-21(22)29-23/h1-10,17,24,33-34H,11-12H2/b31-19-,32-20-. The number of hydrogen-bond donors (Lipinski definition) is 2. The zero-order chi connectivity index (χ0) is 24.2. The van der Waals surface area contributed by atoms with Gasteiger partial charge in [0.25, 0.3) is 0 Å². The van der Waals surface area contributed by atoms with Crippen molar-refractivity contribution in [2.75, 3.05) is 0 Å². The fourth-order valence-corrected chi connectivity index (χ4v) is 4.23. The van der Waals surface area contributed by atoms with Crippen LogP contribution in [0.25, 0.3) is 0 Å². The van der Waals surface area contributed by atoms with Crippen molar-refractivity contribution in [1.29, 1.82) is 0 Å². The van der Waals surface area contributed by atoms with E-state index < -0.39 is 11.4 Å². The summed E-state index contributed by atoms with van der Waals surface area (Å²) in [6, 6.07) is 13.4. The number of oxime groups is 2. The molecule has 2 unspecified atom stereocenters. The molecule has 0 spiro atoms. The first-order chi connectivity index (χ1) is 16.4. The van der Waals surface area contributed by atoms with E-state index in [0.29, 0.717) is 54.7 Å². The van der Waals surface area contributed by atoms with Crippen molar-refractivity contribution < 1.29 is 10.4 Å². The molecule has 2 aromatic rings. The van der Waals surface area contributed by atoms with E-state index >= 15 is 0 Å². The molecule has 2 N–H and O–H groups in total. The van der Waals surface area contributed by atoms with Crippen molar-refractivity contribution in [1.82, 2.24) is 0 Å². The minimum Gasteiger partial charge on any atom is -0.411 e. The Hall–Kier alpha value is -2.64. The Labute approximate surface area is 216 Å². The highest BCUT2D eigenvalue weighted by molar-refractivity contribution is 6.41. The van der Waals surface area contributed by atoms with E-state index in [2.05, 4.69) is 10.3 Å². The van der Waals surface area contributed by atoms with Gasteiger partial charge in [-0.1, -0.05) is 69.4 Å². The quantitative estimate of drug-likeness (QED) is 0.186. The van der Waals surface area contributed by atoms with E-state index in [1.54, 1.807) is 60.7 Å². The van der Waals surface area contributed by atoms with Gasteiger partial charge < -0.3 is 10.4 Å². The van der Waals surface area contributed by atoms with Crippen LogP contribution in [0.3, 0.4) is 0 Å². The van der Waals surface area contributed by atoms with Crippen molar-refractivity contribution in [2.45, 2.75) is 24.3 Å². The molecule has 1 aliphatic carbocycles. The molecule has 2 aliphatic rings. The normalized spacial score (nSPS) is 20.7. The fraction of sp³-hybridized carbons (Fsp3) is 0.167. The van der Waals surface area contributed by atoms with Gasteiger partial charge in [0, 0.05) is 33.6 Å². The predicted molar refractivity (Wildman–Crippen MR) is 139 cm³/mol. The number of hydrogen-bond acceptors (Lipinski definition) is 6. The molecule has 10 heteroatoms. The van der Waals surface area contributed by atoms with Crippen molar-refractivity contribution in [3.63, 3.8) is 0 Å². The van der Waals surface area contributed by atoms with Crippen molar-refractivity contribution >= 4 is 69.3 Å². The molecule has 0 bridgehead atoms. The highest BCUT2D eigenvalue weighted by Gasteiger charge is 2.29. The molecule has 4 rings (SSSR count). The number of aliphatic imine (C=N–C) groups is 2. The van der Waals surface area contributed by atoms with Crippen molar-refractivity contribution in [2.24, 2.45) is 20.3 Å². The summed E-state index contributed by atoms with van der Waals surface area (Å²) < 4.78 is 0. The zero-order valence-corrected chi connectivity index (χ0v) is 20.6. The Bertz CT molecular complexity index is 1260. The van der Waals surface area contributed by atoms with E-state index in [9.17, 15) is 10.4 Å². The Kier molecular flexibility index (Phi) is 7.73. The van der Waals surface area contributed by atoms with Crippen LogP contribution >= 0.6 is 46.4 Å². The molecular formula is C24H18Cl4N4O2. The van der Waals surface area contributed by atoms with Crippen LogP contribution in [0.4, 0.5) is 0 Å². The molecule has 0 radical (unpaired) electrons. The Balaban J connectivity index is 1.69. The first kappa shape index (κ1) is 24.5. The Morgan fingerprint density at radius 1 is 0.853 bits per heavy atom. The van der Waals surface area contributed by atoms with Gasteiger partial charge in [-0.2, -0.15) is 0 Å². The summed E-state index contributed by atoms with van der Waals surface area (Å²) in [4.78, 5) is 9.60. The molecule has 2 atom stereocenters. The van der Waals surface area contributed by atoms with Crippen LogP contribution in [-0.4, -0.2) is 44.7 Å². The maximum Gasteiger partial charge on any atom is 0.0949 e. The topological polar surface area (TPSA) is 89.9 Å². The van der Waals surface area contributed by atoms with E-state index in [1.165, 1.54) is 0 Å². The number of halogens is 4. The van der Waals surface area contributed by atoms with Gasteiger partial charge in [-0.3, -0.25) is 9.98 Å². The average molecular weight is 536 g/mol. The van der Waals surface area contributed by atoms with Gasteiger partial charge in [0.2, 0.25) is 0 Å². The van der Waals surface area contributed by atoms with Crippen LogP contribution in [-0.2, 0) is 0 Å². The first-order valence-electron chi connectivity index (χ1n) is 10.2. The third kappa shape index (κ3) is 5.53. The highest BCUT2D eigenvalue weighted by Crippen LogP contribution is 2.29. The summed E-state index contributed by atoms with van der Waals surface area (Å²) in [5.74, 6) is 0. The molecule has 0 saturated carbocycles. The molecule has 0 saturated heterocycles. The number of benzene rings is 2. The highest BCUT2D eigenvalue weighted by atomic mass is 35.5. The molecule has 0 aromatic heterocycles. The minimum atomic E-state index is -0.511. The number of nitrogens with zero attached hydrogens (tertiary/aromatic N) is 4. The molecule has 1 heterocycles. The summed E-state index contributed by atoms with van der Waals surface area (Å²) in [5, 5.41) is 27.5. The van der Waals surface area contributed by atoms with E-state index in [-0.39, 0.29) is 12.8 Å². The lowest BCUT2D eigenvalue weighted by Gasteiger charge is -2.25. The molecule has 0 fully saturated rings. The van der Waals surface area contributed by atoms with Crippen LogP contribution in [0.1, 0.15) is 24.0 Å². The molecule has 1 aliphatic heterocycles. The number of fused-ring (bicyclic) bond motifs is 1. The Morgan fingerprint density at radius 3 is 1.97 bits per heavy atom. The van der Waals surface area contributed by atoms with Gasteiger partial charge in [-0.25, -0.2) is 0 Å². The van der Waals surface area contributed by atoms with E-state index in [1.807, 2.05) is 0 Å². The van der Waals surface area contributed by atoms with Gasteiger partial charge in [0.15, 0.2) is 0 Å². The third-order valence-electron chi connectivity index (χ3n) is 5.38. The zero-order valence-electron chi connectivity index (χ0n) is 17.5. The van der Waals surface area contributed by atoms with Crippen LogP contribution in [0.5, 0.6) is 0 Å². The monoisotopic (exact) mass is 534 g/mol. The number of alkyl halides is 1. The maximum absolute atomic E-state index is 9.74. The summed E-state index contributed by atoms with van der Waals surface area (Å²) in [5.41, 5.74) is 3.95. The summed E-state index contributed by atoms with van der Waals surface area (Å²) in [6.07, 6.45) is 3.83. The molecule has 34 heavy (non-hydrogen) atoms. The largest absolute Gasteiger partial charge is 0.411 e. The smallest absolute Gasteiger partial charge is 0.0949 e. The van der Waals surface area contributed by atoms with Gasteiger partial charge in [0.1, 0.15) is 0 Å². The van der Waals surface area contributed by atoms with Crippen LogP contribution in [0.2, 0.25) is 10.0 Å². The average Bonchev–Trinajstić information content (AvgIpc) is 2.83. The minimum absolute atomic E-state index is 0.195. The molecular weight excluding hydrogens is 518 g/mol. The second kappa shape index (κ2) is 10.7. The van der Waals surface area contributed by atoms with Crippen LogP contribution < -0.4 is 0 Å². The van der Waals surface area contributed by atoms with Crippen LogP contribution in [0.15, 0.2) is 91.7 Å². The van der Waals surface area contributed by atoms with Gasteiger partial charge in [0.05, 0.1) is 34.3 Å². The van der Waals surface area contributed by atoms with Crippen molar-refractivity contribution in [3.05, 3.63) is 92.6 Å². The SMILES string of the molecule is O/N=C(/CC1=NC2=CC(Cl)C(Cl)=CC2=NC1C/C(=N/O)c1ccc(Cl)cc1)c1ccc(Cl)cc1. The second-order valence-electron chi connectivity index (χ2n) is 7.60. The lowest BCUT2D eigenvalue weighted by Crippen LogP contribution is -2.31. The lowest BCUT2D eigenvalue weighted by molar-refractivity contribution is 0.317. The summed E-state index contributed by atoms with van der Waals surface area (Å²) >= 11 is 24.5. The van der Waals surface area contributed by atoms with Gasteiger partial charge >= 0.3 is 0 Å². The van der Waals surface area contributed by atoms with Crippen LogP contribution in [0, 0.1) is 0 Å². The summed E-state index contributed by atoms with van der Waals surface area (Å²) in [6.45, 7) is 0. The van der Waals surface area contributed by atoms with E-state index in [4.69, 9.17) is 56.4 Å². The number of rotatable bonds is 6. The summed E-state index contributed by atoms with van der Waals surface area (Å²) in [7, 11) is 0. The second-order valence-corrected chi connectivity index (χ2v) is 9.38. The van der Waals surface area contributed by atoms with Gasteiger partial charge in [-0.15, -0.1) is 11.6 Å². The number of allylic oxidation sites excluding steroid dienone is 3. The molecule has 2 aromatic carbocycles. The van der Waals surface area contributed by atoms with Crippen molar-refractivity contribution in [3.8, 4) is 0 Å². The third-order valence-corrected chi connectivity index (χ3v) is 6.70. The fourth-order valence-electron chi connectivity index (χ4n) is 3.63. The molecule has 174 valence electrons. The Morgan fingerprint density at radius 2 is 1.41 bits per heavy atom. The lowest BCUT2D eigenvalue weighted by atomic mass is 9.93. The predicted octanol–water partition coefficient (Wildman–Crippen LogP) is 6.72. The first-order valence-corrected chi connectivity index (χ1v) is 11.8.